The third-order valence-electron chi connectivity index (χ3n) is 4.13. The normalized spacial score (nSPS) is 19.4. The van der Waals surface area contributed by atoms with E-state index in [-0.39, 0.29) is 12.3 Å². The molecule has 1 aliphatic rings. The van der Waals surface area contributed by atoms with Gasteiger partial charge in [-0.05, 0) is 35.9 Å². The van der Waals surface area contributed by atoms with E-state index in [1.54, 1.807) is 0 Å². The van der Waals surface area contributed by atoms with Crippen molar-refractivity contribution in [3.05, 3.63) is 99.5 Å². The summed E-state index contributed by atoms with van der Waals surface area (Å²) in [7, 11) is 0. The number of halogens is 2. The minimum absolute atomic E-state index is 0.179. The minimum Gasteiger partial charge on any atom is -0.356 e. The summed E-state index contributed by atoms with van der Waals surface area (Å²) in [6.45, 7) is 0. The Hall–Kier alpha value is -2.00. The highest BCUT2D eigenvalue weighted by Gasteiger charge is 2.29. The second-order valence-electron chi connectivity index (χ2n) is 5.73. The number of hydrogen-bond acceptors (Lipinski definition) is 2. The van der Waals surface area contributed by atoms with E-state index in [2.05, 4.69) is 17.4 Å². The molecule has 0 amide bonds. The maximum absolute atomic E-state index is 6.37. The first-order valence-electron chi connectivity index (χ1n) is 7.72. The van der Waals surface area contributed by atoms with Crippen molar-refractivity contribution in [1.29, 1.82) is 0 Å². The van der Waals surface area contributed by atoms with E-state index in [0.717, 1.165) is 22.4 Å². The summed E-state index contributed by atoms with van der Waals surface area (Å²) < 4.78 is 6.37. The molecule has 2 unspecified atom stereocenters. The predicted molar refractivity (Wildman–Crippen MR) is 98.6 cm³/mol. The summed E-state index contributed by atoms with van der Waals surface area (Å²) in [6.07, 6.45) is -0.428. The van der Waals surface area contributed by atoms with Crippen molar-refractivity contribution in [1.82, 2.24) is 0 Å². The van der Waals surface area contributed by atoms with Crippen LogP contribution in [0, 0.1) is 0 Å². The average molecular weight is 356 g/mol. The van der Waals surface area contributed by atoms with Gasteiger partial charge in [-0.25, -0.2) is 0 Å². The second-order valence-corrected chi connectivity index (χ2v) is 6.61. The van der Waals surface area contributed by atoms with Gasteiger partial charge >= 0.3 is 0 Å². The molecule has 0 spiro atoms. The zero-order valence-corrected chi connectivity index (χ0v) is 14.3. The first-order chi connectivity index (χ1) is 11.7. The molecule has 1 aliphatic heterocycles. The molecular formula is C20H15Cl2NO. The molecule has 0 saturated carbocycles. The van der Waals surface area contributed by atoms with Crippen LogP contribution in [0.25, 0.3) is 0 Å². The van der Waals surface area contributed by atoms with Crippen LogP contribution in [0.15, 0.2) is 72.8 Å². The topological polar surface area (TPSA) is 21.3 Å². The molecule has 3 aromatic carbocycles. The second kappa shape index (κ2) is 6.48. The van der Waals surface area contributed by atoms with Crippen LogP contribution in [0.2, 0.25) is 10.0 Å². The highest BCUT2D eigenvalue weighted by Crippen LogP contribution is 2.42. The Balaban J connectivity index is 1.77. The first-order valence-corrected chi connectivity index (χ1v) is 8.48. The number of rotatable bonds is 2. The van der Waals surface area contributed by atoms with E-state index < -0.39 is 0 Å². The van der Waals surface area contributed by atoms with Crippen LogP contribution < -0.4 is 5.32 Å². The maximum Gasteiger partial charge on any atom is 0.155 e. The molecule has 0 radical (unpaired) electrons. The van der Waals surface area contributed by atoms with Crippen molar-refractivity contribution in [2.24, 2.45) is 0 Å². The monoisotopic (exact) mass is 355 g/mol. The number of nitrogens with one attached hydrogen (secondary N) is 1. The smallest absolute Gasteiger partial charge is 0.155 e. The van der Waals surface area contributed by atoms with Crippen molar-refractivity contribution in [2.45, 2.75) is 12.3 Å². The van der Waals surface area contributed by atoms with Gasteiger partial charge in [-0.2, -0.15) is 0 Å². The fourth-order valence-corrected chi connectivity index (χ4v) is 3.26. The molecule has 0 fully saturated rings. The molecule has 4 rings (SSSR count). The quantitative estimate of drug-likeness (QED) is 0.588. The molecule has 0 aliphatic carbocycles. The van der Waals surface area contributed by atoms with Gasteiger partial charge in [0.2, 0.25) is 0 Å². The number of ether oxygens (including phenoxy) is 1. The summed E-state index contributed by atoms with van der Waals surface area (Å²) in [6, 6.07) is 23.7. The molecule has 2 atom stereocenters. The van der Waals surface area contributed by atoms with Crippen LogP contribution in [0.3, 0.4) is 0 Å². The largest absolute Gasteiger partial charge is 0.356 e. The Kier molecular flexibility index (Phi) is 4.19. The lowest BCUT2D eigenvalue weighted by atomic mass is 9.97. The lowest BCUT2D eigenvalue weighted by Gasteiger charge is -2.34. The van der Waals surface area contributed by atoms with Crippen LogP contribution in [0.5, 0.6) is 0 Å². The van der Waals surface area contributed by atoms with Crippen molar-refractivity contribution in [3.8, 4) is 0 Å². The molecular weight excluding hydrogens is 341 g/mol. The van der Waals surface area contributed by atoms with Crippen LogP contribution in [0.4, 0.5) is 5.69 Å². The first kappa shape index (κ1) is 15.5. The summed E-state index contributed by atoms with van der Waals surface area (Å²) in [5, 5.41) is 4.84. The van der Waals surface area contributed by atoms with Crippen molar-refractivity contribution in [2.75, 3.05) is 5.32 Å². The van der Waals surface area contributed by atoms with Gasteiger partial charge in [-0.15, -0.1) is 0 Å². The highest BCUT2D eigenvalue weighted by atomic mass is 35.5. The molecule has 0 bridgehead atoms. The average Bonchev–Trinajstić information content (AvgIpc) is 2.62. The Labute approximate surface area is 151 Å². The molecule has 3 aromatic rings. The fourth-order valence-electron chi connectivity index (χ4n) is 2.95. The van der Waals surface area contributed by atoms with Gasteiger partial charge in [0, 0.05) is 26.9 Å². The van der Waals surface area contributed by atoms with E-state index in [4.69, 9.17) is 27.9 Å². The molecule has 0 saturated heterocycles. The summed E-state index contributed by atoms with van der Waals surface area (Å²) in [5.41, 5.74) is 4.20. The Bertz CT molecular complexity index is 849. The Morgan fingerprint density at radius 2 is 1.46 bits per heavy atom. The summed E-state index contributed by atoms with van der Waals surface area (Å²) in [4.78, 5) is 0. The van der Waals surface area contributed by atoms with Gasteiger partial charge < -0.3 is 10.1 Å². The molecule has 1 N–H and O–H groups in total. The molecule has 1 heterocycles. The van der Waals surface area contributed by atoms with Crippen LogP contribution in [0.1, 0.15) is 29.0 Å². The van der Waals surface area contributed by atoms with E-state index in [1.807, 2.05) is 60.7 Å². The predicted octanol–water partition coefficient (Wildman–Crippen LogP) is 6.22. The zero-order chi connectivity index (χ0) is 16.5. The van der Waals surface area contributed by atoms with Gasteiger partial charge in [-0.3, -0.25) is 0 Å². The zero-order valence-electron chi connectivity index (χ0n) is 12.7. The van der Waals surface area contributed by atoms with Crippen LogP contribution >= 0.6 is 23.2 Å². The molecule has 4 heteroatoms. The standard InChI is InChI=1S/C20H15Cl2NO/c21-15-8-6-14(7-9-15)20-23-18-11-10-16(22)12-17(18)19(24-20)13-4-2-1-3-5-13/h1-12,19-20,23H. The van der Waals surface area contributed by atoms with Gasteiger partial charge in [0.05, 0.1) is 0 Å². The number of hydrogen-bond donors (Lipinski definition) is 1. The molecule has 120 valence electrons. The summed E-state index contributed by atoms with van der Waals surface area (Å²) in [5.74, 6) is 0. The van der Waals surface area contributed by atoms with Crippen LogP contribution in [-0.4, -0.2) is 0 Å². The van der Waals surface area contributed by atoms with Gasteiger partial charge in [0.25, 0.3) is 0 Å². The fraction of sp³-hybridized carbons (Fsp3) is 0.100. The van der Waals surface area contributed by atoms with Crippen molar-refractivity contribution >= 4 is 28.9 Å². The molecule has 24 heavy (non-hydrogen) atoms. The minimum atomic E-state index is -0.249. The highest BCUT2D eigenvalue weighted by molar-refractivity contribution is 6.31. The number of benzene rings is 3. The van der Waals surface area contributed by atoms with E-state index in [0.29, 0.717) is 10.0 Å². The van der Waals surface area contributed by atoms with E-state index in [1.165, 1.54) is 0 Å². The summed E-state index contributed by atoms with van der Waals surface area (Å²) >= 11 is 12.2. The molecule has 0 aromatic heterocycles. The third kappa shape index (κ3) is 3.01. The maximum atomic E-state index is 6.37. The van der Waals surface area contributed by atoms with Crippen molar-refractivity contribution in [3.63, 3.8) is 0 Å². The third-order valence-corrected chi connectivity index (χ3v) is 4.62. The number of anilines is 1. The SMILES string of the molecule is Clc1ccc(C2Nc3ccc(Cl)cc3C(c3ccccc3)O2)cc1. The number of fused-ring (bicyclic) bond motifs is 1. The Morgan fingerprint density at radius 1 is 0.750 bits per heavy atom. The van der Waals surface area contributed by atoms with Crippen molar-refractivity contribution < 1.29 is 4.74 Å². The van der Waals surface area contributed by atoms with Gasteiger partial charge in [-0.1, -0.05) is 65.7 Å². The lowest BCUT2D eigenvalue weighted by molar-refractivity contribution is 0.0157. The Morgan fingerprint density at radius 3 is 2.21 bits per heavy atom. The lowest BCUT2D eigenvalue weighted by Crippen LogP contribution is -2.25. The van der Waals surface area contributed by atoms with Crippen LogP contribution in [-0.2, 0) is 4.74 Å². The van der Waals surface area contributed by atoms with E-state index >= 15 is 0 Å². The molecule has 2 nitrogen and oxygen atoms in total. The van der Waals surface area contributed by atoms with Gasteiger partial charge in [0.15, 0.2) is 6.23 Å². The van der Waals surface area contributed by atoms with Gasteiger partial charge in [0.1, 0.15) is 6.10 Å². The van der Waals surface area contributed by atoms with E-state index in [9.17, 15) is 0 Å².